The highest BCUT2D eigenvalue weighted by Crippen LogP contribution is 2.31. The first-order valence-electron chi connectivity index (χ1n) is 8.29. The molecule has 0 bridgehead atoms. The number of fused-ring (bicyclic) bond motifs is 1. The van der Waals surface area contributed by atoms with Gasteiger partial charge in [-0.2, -0.15) is 9.97 Å². The average Bonchev–Trinajstić information content (AvgIpc) is 2.97. The van der Waals surface area contributed by atoms with Gasteiger partial charge >= 0.3 is 0 Å². The van der Waals surface area contributed by atoms with Gasteiger partial charge in [0, 0.05) is 24.3 Å². The van der Waals surface area contributed by atoms with Crippen molar-refractivity contribution in [3.8, 4) is 11.3 Å². The molecule has 26 heavy (non-hydrogen) atoms. The van der Waals surface area contributed by atoms with Gasteiger partial charge in [-0.15, -0.1) is 0 Å². The number of nitrogens with zero attached hydrogens (tertiary/aromatic N) is 3. The Labute approximate surface area is 148 Å². The first kappa shape index (κ1) is 16.6. The summed E-state index contributed by atoms with van der Waals surface area (Å²) < 4.78 is 33.4. The molecule has 0 amide bonds. The van der Waals surface area contributed by atoms with Crippen molar-refractivity contribution in [2.24, 2.45) is 0 Å². The second-order valence-corrected chi connectivity index (χ2v) is 6.62. The number of H-pyrrole nitrogens is 1. The minimum Gasteiger partial charge on any atom is -0.381 e. The zero-order valence-electron chi connectivity index (χ0n) is 14.1. The van der Waals surface area contributed by atoms with Crippen LogP contribution < -0.4 is 11.1 Å². The molecule has 0 atom stereocenters. The van der Waals surface area contributed by atoms with Crippen LogP contribution in [0.15, 0.2) is 18.2 Å². The number of hydrogen-bond acceptors (Lipinski definition) is 6. The van der Waals surface area contributed by atoms with E-state index in [1.165, 1.54) is 12.1 Å². The van der Waals surface area contributed by atoms with E-state index in [-0.39, 0.29) is 34.3 Å². The largest absolute Gasteiger partial charge is 0.381 e. The minimum atomic E-state index is -0.983. The Morgan fingerprint density at radius 2 is 1.96 bits per heavy atom. The quantitative estimate of drug-likeness (QED) is 0.664. The summed E-state index contributed by atoms with van der Waals surface area (Å²) >= 11 is 0. The van der Waals surface area contributed by atoms with Gasteiger partial charge in [0.15, 0.2) is 23.2 Å². The van der Waals surface area contributed by atoms with Crippen molar-refractivity contribution in [1.82, 2.24) is 19.9 Å². The minimum absolute atomic E-state index is 0.0150. The van der Waals surface area contributed by atoms with Crippen molar-refractivity contribution >= 4 is 23.1 Å². The van der Waals surface area contributed by atoms with Crippen LogP contribution in [0.4, 0.5) is 20.7 Å². The lowest BCUT2D eigenvalue weighted by Crippen LogP contribution is -2.41. The zero-order chi connectivity index (χ0) is 18.3. The number of nitrogens with two attached hydrogens (primary N) is 1. The van der Waals surface area contributed by atoms with Crippen LogP contribution in [0.2, 0.25) is 0 Å². The number of imidazole rings is 1. The smallest absolute Gasteiger partial charge is 0.225 e. The maximum atomic E-state index is 14.3. The van der Waals surface area contributed by atoms with Gasteiger partial charge in [0.25, 0.3) is 0 Å². The number of aromatic amines is 1. The van der Waals surface area contributed by atoms with Gasteiger partial charge < -0.3 is 20.8 Å². The van der Waals surface area contributed by atoms with E-state index in [4.69, 9.17) is 10.5 Å². The van der Waals surface area contributed by atoms with Crippen molar-refractivity contribution < 1.29 is 13.5 Å². The molecule has 9 heteroatoms. The Morgan fingerprint density at radius 1 is 1.19 bits per heavy atom. The van der Waals surface area contributed by atoms with Gasteiger partial charge in [-0.3, -0.25) is 0 Å². The molecule has 136 valence electrons. The number of halogens is 2. The number of aromatic nitrogens is 4. The molecule has 3 heterocycles. The van der Waals surface area contributed by atoms with E-state index in [2.05, 4.69) is 25.3 Å². The summed E-state index contributed by atoms with van der Waals surface area (Å²) in [6.45, 7) is 3.31. The number of ether oxygens (including phenoxy) is 1. The second kappa shape index (κ2) is 6.17. The molecule has 4 N–H and O–H groups in total. The lowest BCUT2D eigenvalue weighted by Gasteiger charge is -2.34. The van der Waals surface area contributed by atoms with Crippen LogP contribution in [-0.4, -0.2) is 38.7 Å². The highest BCUT2D eigenvalue weighted by molar-refractivity contribution is 5.89. The summed E-state index contributed by atoms with van der Waals surface area (Å²) in [5, 5.41) is 3.29. The van der Waals surface area contributed by atoms with Crippen molar-refractivity contribution in [1.29, 1.82) is 0 Å². The molecular formula is C17H18F2N6O. The first-order valence-corrected chi connectivity index (χ1v) is 8.29. The fourth-order valence-electron chi connectivity index (χ4n) is 3.07. The topological polar surface area (TPSA) is 102 Å². The summed E-state index contributed by atoms with van der Waals surface area (Å²) in [4.78, 5) is 15.7. The first-order chi connectivity index (χ1) is 12.5. The van der Waals surface area contributed by atoms with Gasteiger partial charge in [0.2, 0.25) is 5.95 Å². The molecule has 1 saturated heterocycles. The molecule has 2 aromatic heterocycles. The van der Waals surface area contributed by atoms with Crippen LogP contribution in [0.3, 0.4) is 0 Å². The van der Waals surface area contributed by atoms with Crippen LogP contribution in [-0.2, 0) is 4.74 Å². The van der Waals surface area contributed by atoms with Crippen LogP contribution in [0.1, 0.15) is 19.8 Å². The molecule has 0 aliphatic carbocycles. The Balaban J connectivity index is 1.84. The predicted molar refractivity (Wildman–Crippen MR) is 93.5 cm³/mol. The molecule has 1 fully saturated rings. The summed E-state index contributed by atoms with van der Waals surface area (Å²) in [5.74, 6) is -1.52. The van der Waals surface area contributed by atoms with Gasteiger partial charge in [-0.05, 0) is 31.9 Å². The molecule has 3 aromatic rings. The second-order valence-electron chi connectivity index (χ2n) is 6.62. The van der Waals surface area contributed by atoms with E-state index in [0.29, 0.717) is 18.7 Å². The molecule has 0 spiro atoms. The monoisotopic (exact) mass is 360 g/mol. The molecule has 0 saturated carbocycles. The fraction of sp³-hybridized carbons (Fsp3) is 0.353. The van der Waals surface area contributed by atoms with Gasteiger partial charge in [-0.1, -0.05) is 6.07 Å². The number of nitrogen functional groups attached to an aromatic ring is 1. The van der Waals surface area contributed by atoms with E-state index in [9.17, 15) is 8.78 Å². The van der Waals surface area contributed by atoms with Crippen molar-refractivity contribution in [3.05, 3.63) is 29.8 Å². The van der Waals surface area contributed by atoms with Crippen molar-refractivity contribution in [3.63, 3.8) is 0 Å². The average molecular weight is 360 g/mol. The van der Waals surface area contributed by atoms with Gasteiger partial charge in [0.05, 0.1) is 0 Å². The molecular weight excluding hydrogens is 342 g/mol. The lowest BCUT2D eigenvalue weighted by atomic mass is 9.93. The molecule has 1 aromatic carbocycles. The number of hydrogen-bond donors (Lipinski definition) is 3. The maximum absolute atomic E-state index is 14.3. The Kier molecular flexibility index (Phi) is 3.95. The third kappa shape index (κ3) is 2.94. The zero-order valence-corrected chi connectivity index (χ0v) is 14.1. The van der Waals surface area contributed by atoms with Crippen molar-refractivity contribution in [2.75, 3.05) is 24.3 Å². The summed E-state index contributed by atoms with van der Waals surface area (Å²) in [7, 11) is 0. The molecule has 4 rings (SSSR count). The van der Waals surface area contributed by atoms with E-state index in [1.54, 1.807) is 0 Å². The summed E-state index contributed by atoms with van der Waals surface area (Å²) in [6.07, 6.45) is 1.56. The van der Waals surface area contributed by atoms with Crippen LogP contribution in [0, 0.1) is 11.6 Å². The third-order valence-corrected chi connectivity index (χ3v) is 4.59. The fourth-order valence-corrected chi connectivity index (χ4v) is 3.07. The number of benzene rings is 1. The molecule has 0 radical (unpaired) electrons. The van der Waals surface area contributed by atoms with Crippen LogP contribution in [0.5, 0.6) is 0 Å². The van der Waals surface area contributed by atoms with Crippen LogP contribution >= 0.6 is 0 Å². The number of rotatable bonds is 3. The van der Waals surface area contributed by atoms with Crippen molar-refractivity contribution in [2.45, 2.75) is 25.3 Å². The standard InChI is InChI=1S/C17H18F2N6O/c1-17(5-7-26-8-6-17)25-16-22-12(9-3-2-4-10(18)11(9)19)13-14(24-16)23-15(20)21-13/h2-4H,5-8H2,1H3,(H4,20,21,22,23,24,25). The van der Waals surface area contributed by atoms with Gasteiger partial charge in [0.1, 0.15) is 11.2 Å². The van der Waals surface area contributed by atoms with Gasteiger partial charge in [-0.25, -0.2) is 13.8 Å². The van der Waals surface area contributed by atoms with E-state index < -0.39 is 11.6 Å². The van der Waals surface area contributed by atoms with E-state index in [1.807, 2.05) is 6.92 Å². The van der Waals surface area contributed by atoms with E-state index >= 15 is 0 Å². The Hall–Kier alpha value is -2.81. The summed E-state index contributed by atoms with van der Waals surface area (Å²) in [5.41, 5.74) is 6.33. The predicted octanol–water partition coefficient (Wildman–Crippen LogP) is 2.86. The van der Waals surface area contributed by atoms with E-state index in [0.717, 1.165) is 18.9 Å². The highest BCUT2D eigenvalue weighted by atomic mass is 19.2. The Bertz CT molecular complexity index is 967. The highest BCUT2D eigenvalue weighted by Gasteiger charge is 2.29. The maximum Gasteiger partial charge on any atom is 0.225 e. The molecule has 1 aliphatic heterocycles. The normalized spacial score (nSPS) is 16.7. The number of anilines is 2. The van der Waals surface area contributed by atoms with Crippen LogP contribution in [0.25, 0.3) is 22.4 Å². The third-order valence-electron chi connectivity index (χ3n) is 4.59. The molecule has 7 nitrogen and oxygen atoms in total. The lowest BCUT2D eigenvalue weighted by molar-refractivity contribution is 0.0656. The molecule has 1 aliphatic rings. The Morgan fingerprint density at radius 3 is 2.73 bits per heavy atom. The number of nitrogens with one attached hydrogen (secondary N) is 2. The summed E-state index contributed by atoms with van der Waals surface area (Å²) in [6, 6.07) is 3.94. The SMILES string of the molecule is CC1(Nc2nc(-c3cccc(F)c3F)c3[nH]c(N)nc3n2)CCOCC1. The molecule has 0 unspecified atom stereocenters.